The lowest BCUT2D eigenvalue weighted by Crippen LogP contribution is -2.58. The molecule has 2 unspecified atom stereocenters. The number of hydrogen-bond donors (Lipinski definition) is 3. The Morgan fingerprint density at radius 3 is 2.29 bits per heavy atom. The van der Waals surface area contributed by atoms with Crippen molar-refractivity contribution in [2.24, 2.45) is 11.8 Å². The quantitative estimate of drug-likeness (QED) is 0.422. The van der Waals surface area contributed by atoms with Gasteiger partial charge < -0.3 is 20.6 Å². The van der Waals surface area contributed by atoms with Gasteiger partial charge in [-0.05, 0) is 50.2 Å². The van der Waals surface area contributed by atoms with Gasteiger partial charge in [0.15, 0.2) is 0 Å². The summed E-state index contributed by atoms with van der Waals surface area (Å²) in [6.07, 6.45) is 7.20. The number of aliphatic hydroxyl groups excluding tert-OH is 1. The maximum absolute atomic E-state index is 14.5. The van der Waals surface area contributed by atoms with E-state index in [4.69, 9.17) is 0 Å². The van der Waals surface area contributed by atoms with Crippen molar-refractivity contribution in [1.29, 1.82) is 0 Å². The molecular weight excluding hydrogens is 534 g/mol. The van der Waals surface area contributed by atoms with Gasteiger partial charge in [-0.25, -0.2) is 0 Å². The van der Waals surface area contributed by atoms with Crippen molar-refractivity contribution in [3.05, 3.63) is 71.8 Å². The number of fused-ring (bicyclic) bond motifs is 1. The zero-order valence-electron chi connectivity index (χ0n) is 23.8. The molecule has 0 radical (unpaired) electrons. The zero-order valence-corrected chi connectivity index (χ0v) is 24.6. The standard InChI is InChI=1S/C33H41N3O4S/c1-32-17-18-33(41-32)27(26(32)29(38)34-20-23-13-7-3-8-14-23)31(40)36(25(21-37)19-22-11-5-2-6-12-22)28(33)30(39)35-24-15-9-4-10-16-24/h2-3,5-8,11-14,24-28,37H,4,9-10,15-21H2,1H3,(H,34,38)(H,35,39)/t25-,26+,27+,28?,32-,33?/m1/s1. The average molecular weight is 576 g/mol. The Labute approximate surface area is 246 Å². The van der Waals surface area contributed by atoms with E-state index < -0.39 is 33.4 Å². The van der Waals surface area contributed by atoms with E-state index in [0.717, 1.165) is 43.2 Å². The number of carbonyl (C=O) groups excluding carboxylic acids is 3. The number of aliphatic hydroxyl groups is 1. The maximum Gasteiger partial charge on any atom is 0.244 e. The fraction of sp³-hybridized carbons (Fsp3) is 0.545. The van der Waals surface area contributed by atoms with Gasteiger partial charge in [0.05, 0.1) is 29.2 Å². The van der Waals surface area contributed by atoms with Gasteiger partial charge in [0.25, 0.3) is 0 Å². The molecule has 2 aromatic carbocycles. The fourth-order valence-electron chi connectivity index (χ4n) is 8.02. The molecule has 6 atom stereocenters. The van der Waals surface area contributed by atoms with Crippen LogP contribution in [0, 0.1) is 11.8 Å². The van der Waals surface area contributed by atoms with E-state index in [0.29, 0.717) is 19.4 Å². The summed E-state index contributed by atoms with van der Waals surface area (Å²) < 4.78 is -1.12. The van der Waals surface area contributed by atoms with E-state index in [1.165, 1.54) is 6.42 Å². The van der Waals surface area contributed by atoms with E-state index in [-0.39, 0.29) is 30.4 Å². The number of carbonyl (C=O) groups is 3. The number of rotatable bonds is 9. The molecule has 3 heterocycles. The van der Waals surface area contributed by atoms with Crippen LogP contribution in [-0.4, -0.2) is 62.0 Å². The molecule has 3 N–H and O–H groups in total. The Hall–Kier alpha value is -2.84. The Kier molecular flexibility index (Phi) is 7.90. The highest BCUT2D eigenvalue weighted by atomic mass is 32.2. The molecular formula is C33H41N3O4S. The number of nitrogens with zero attached hydrogens (tertiary/aromatic N) is 1. The Morgan fingerprint density at radius 1 is 0.976 bits per heavy atom. The minimum absolute atomic E-state index is 0.106. The molecule has 3 amide bonds. The van der Waals surface area contributed by atoms with Gasteiger partial charge in [-0.15, -0.1) is 11.8 Å². The highest BCUT2D eigenvalue weighted by Gasteiger charge is 2.77. The normalized spacial score (nSPS) is 31.6. The molecule has 1 spiro atoms. The monoisotopic (exact) mass is 575 g/mol. The van der Waals surface area contributed by atoms with Crippen molar-refractivity contribution < 1.29 is 19.5 Å². The van der Waals surface area contributed by atoms with Crippen LogP contribution in [0.15, 0.2) is 60.7 Å². The lowest BCUT2D eigenvalue weighted by atomic mass is 9.66. The summed E-state index contributed by atoms with van der Waals surface area (Å²) in [6, 6.07) is 18.4. The van der Waals surface area contributed by atoms with E-state index in [1.807, 2.05) is 60.7 Å². The Bertz CT molecular complexity index is 1270. The topological polar surface area (TPSA) is 98.7 Å². The van der Waals surface area contributed by atoms with Crippen LogP contribution in [0.25, 0.3) is 0 Å². The molecule has 1 saturated carbocycles. The summed E-state index contributed by atoms with van der Waals surface area (Å²) in [5.74, 6) is -1.56. The summed E-state index contributed by atoms with van der Waals surface area (Å²) in [6.45, 7) is 2.25. The summed E-state index contributed by atoms with van der Waals surface area (Å²) in [7, 11) is 0. The third-order valence-corrected chi connectivity index (χ3v) is 11.9. The van der Waals surface area contributed by atoms with Crippen LogP contribution in [0.2, 0.25) is 0 Å². The minimum Gasteiger partial charge on any atom is -0.394 e. The molecule has 2 bridgehead atoms. The predicted octanol–water partition coefficient (Wildman–Crippen LogP) is 3.84. The summed E-state index contributed by atoms with van der Waals surface area (Å²) in [5, 5.41) is 17.1. The second-order valence-corrected chi connectivity index (χ2v) is 14.4. The van der Waals surface area contributed by atoms with Crippen LogP contribution in [-0.2, 0) is 27.3 Å². The lowest BCUT2D eigenvalue weighted by molar-refractivity contribution is -0.143. The van der Waals surface area contributed by atoms with Gasteiger partial charge in [0, 0.05) is 17.3 Å². The van der Waals surface area contributed by atoms with E-state index >= 15 is 0 Å². The van der Waals surface area contributed by atoms with Crippen molar-refractivity contribution in [3.63, 3.8) is 0 Å². The SMILES string of the molecule is C[C@]12CCC3(S1)C(C(=O)NC1CCCCC1)N([C@@H](CO)Cc1ccccc1)C(=O)[C@@H]3[C@H]2C(=O)NCc1ccccc1. The van der Waals surface area contributed by atoms with Gasteiger partial charge in [0.1, 0.15) is 6.04 Å². The van der Waals surface area contributed by atoms with Crippen molar-refractivity contribution in [1.82, 2.24) is 15.5 Å². The van der Waals surface area contributed by atoms with Crippen molar-refractivity contribution in [2.75, 3.05) is 6.61 Å². The first-order valence-corrected chi connectivity index (χ1v) is 16.0. The molecule has 7 nitrogen and oxygen atoms in total. The van der Waals surface area contributed by atoms with Crippen LogP contribution in [0.4, 0.5) is 0 Å². The molecule has 6 rings (SSSR count). The minimum atomic E-state index is -0.721. The van der Waals surface area contributed by atoms with Crippen molar-refractivity contribution in [3.8, 4) is 0 Å². The first kappa shape index (κ1) is 28.3. The van der Waals surface area contributed by atoms with Gasteiger partial charge in [0.2, 0.25) is 17.7 Å². The number of benzene rings is 2. The molecule has 4 fully saturated rings. The third-order valence-electron chi connectivity index (χ3n) is 9.92. The molecule has 3 aliphatic heterocycles. The van der Waals surface area contributed by atoms with Crippen molar-refractivity contribution >= 4 is 29.5 Å². The predicted molar refractivity (Wildman–Crippen MR) is 160 cm³/mol. The maximum atomic E-state index is 14.5. The molecule has 0 aromatic heterocycles. The smallest absolute Gasteiger partial charge is 0.244 e. The van der Waals surface area contributed by atoms with Gasteiger partial charge in [-0.3, -0.25) is 14.4 Å². The van der Waals surface area contributed by atoms with E-state index in [1.54, 1.807) is 16.7 Å². The summed E-state index contributed by atoms with van der Waals surface area (Å²) in [5.41, 5.74) is 2.00. The first-order valence-electron chi connectivity index (χ1n) is 15.2. The van der Waals surface area contributed by atoms with Crippen LogP contribution >= 0.6 is 11.8 Å². The van der Waals surface area contributed by atoms with Crippen LogP contribution in [0.3, 0.4) is 0 Å². The van der Waals surface area contributed by atoms with Crippen LogP contribution < -0.4 is 10.6 Å². The number of nitrogens with one attached hydrogen (secondary N) is 2. The van der Waals surface area contributed by atoms with E-state index in [2.05, 4.69) is 17.6 Å². The second kappa shape index (κ2) is 11.4. The number of thioether (sulfide) groups is 1. The molecule has 4 aliphatic rings. The highest BCUT2D eigenvalue weighted by molar-refractivity contribution is 8.02. The lowest BCUT2D eigenvalue weighted by Gasteiger charge is -2.38. The number of amides is 3. The largest absolute Gasteiger partial charge is 0.394 e. The average Bonchev–Trinajstić information content (AvgIpc) is 3.57. The Morgan fingerprint density at radius 2 is 1.63 bits per heavy atom. The third kappa shape index (κ3) is 5.07. The van der Waals surface area contributed by atoms with Crippen LogP contribution in [0.5, 0.6) is 0 Å². The van der Waals surface area contributed by atoms with Gasteiger partial charge in [-0.2, -0.15) is 0 Å². The van der Waals surface area contributed by atoms with Crippen LogP contribution in [0.1, 0.15) is 63.0 Å². The fourth-order valence-corrected chi connectivity index (χ4v) is 10.4. The number of hydrogen-bond acceptors (Lipinski definition) is 5. The second-order valence-electron chi connectivity index (χ2n) is 12.5. The molecule has 1 aliphatic carbocycles. The molecule has 41 heavy (non-hydrogen) atoms. The zero-order chi connectivity index (χ0) is 28.6. The first-order chi connectivity index (χ1) is 19.9. The summed E-state index contributed by atoms with van der Waals surface area (Å²) in [4.78, 5) is 44.4. The van der Waals surface area contributed by atoms with E-state index in [9.17, 15) is 19.5 Å². The molecule has 2 aromatic rings. The molecule has 3 saturated heterocycles. The highest BCUT2D eigenvalue weighted by Crippen LogP contribution is 2.71. The van der Waals surface area contributed by atoms with Crippen molar-refractivity contribution in [2.45, 2.75) is 92.5 Å². The molecule has 8 heteroatoms. The van der Waals surface area contributed by atoms with Gasteiger partial charge >= 0.3 is 0 Å². The molecule has 218 valence electrons. The number of likely N-dealkylation sites (tertiary alicyclic amines) is 1. The Balaban J connectivity index is 1.33. The summed E-state index contributed by atoms with van der Waals surface area (Å²) >= 11 is 1.68. The van der Waals surface area contributed by atoms with Gasteiger partial charge in [-0.1, -0.05) is 79.9 Å².